The molecule has 0 aromatic heterocycles. The number of hydrogen-bond acceptors (Lipinski definition) is 3. The molecule has 0 aliphatic carbocycles. The van der Waals surface area contributed by atoms with Crippen molar-refractivity contribution in [3.05, 3.63) is 0 Å². The molecule has 72 valence electrons. The van der Waals surface area contributed by atoms with E-state index in [9.17, 15) is 5.11 Å². The van der Waals surface area contributed by atoms with Gasteiger partial charge in [0.25, 0.3) is 0 Å². The fraction of sp³-hybridized carbons (Fsp3) is 1.00. The van der Waals surface area contributed by atoms with Crippen molar-refractivity contribution in [2.75, 3.05) is 6.54 Å². The van der Waals surface area contributed by atoms with Gasteiger partial charge in [0.1, 0.15) is 5.60 Å². The van der Waals surface area contributed by atoms with E-state index in [2.05, 4.69) is 0 Å². The van der Waals surface area contributed by atoms with Crippen LogP contribution in [0.2, 0.25) is 0 Å². The normalized spacial score (nSPS) is 38.5. The lowest BCUT2D eigenvalue weighted by Gasteiger charge is -2.33. The van der Waals surface area contributed by atoms with Gasteiger partial charge in [0.05, 0.1) is 11.2 Å². The van der Waals surface area contributed by atoms with Gasteiger partial charge in [0.2, 0.25) is 0 Å². The summed E-state index contributed by atoms with van der Waals surface area (Å²) in [5.41, 5.74) is 3.85. The predicted octanol–water partition coefficient (Wildman–Crippen LogP) is 0.654. The molecule has 0 aromatic carbocycles. The van der Waals surface area contributed by atoms with Gasteiger partial charge < -0.3 is 15.6 Å². The highest BCUT2D eigenvalue weighted by atomic mass is 16.5. The second kappa shape index (κ2) is 2.44. The van der Waals surface area contributed by atoms with E-state index in [0.717, 1.165) is 0 Å². The molecule has 1 fully saturated rings. The fourth-order valence-electron chi connectivity index (χ4n) is 2.06. The molecule has 1 heterocycles. The number of hydrogen-bond donors (Lipinski definition) is 2. The highest BCUT2D eigenvalue weighted by Crippen LogP contribution is 2.44. The topological polar surface area (TPSA) is 55.5 Å². The largest absolute Gasteiger partial charge is 0.385 e. The smallest absolute Gasteiger partial charge is 0.108 e. The van der Waals surface area contributed by atoms with Crippen LogP contribution in [0, 0.1) is 0 Å². The van der Waals surface area contributed by atoms with Crippen molar-refractivity contribution >= 4 is 0 Å². The molecule has 0 bridgehead atoms. The first-order chi connectivity index (χ1) is 5.22. The third-order valence-corrected chi connectivity index (χ3v) is 2.71. The van der Waals surface area contributed by atoms with Crippen LogP contribution in [-0.2, 0) is 4.74 Å². The van der Waals surface area contributed by atoms with E-state index < -0.39 is 11.2 Å². The molecule has 3 heteroatoms. The number of aliphatic hydroxyl groups is 1. The molecular weight excluding hydrogens is 154 g/mol. The van der Waals surface area contributed by atoms with E-state index in [1.54, 1.807) is 0 Å². The minimum Gasteiger partial charge on any atom is -0.385 e. The highest BCUT2D eigenvalue weighted by Gasteiger charge is 2.55. The van der Waals surface area contributed by atoms with Gasteiger partial charge in [0, 0.05) is 13.0 Å². The van der Waals surface area contributed by atoms with E-state index >= 15 is 0 Å². The monoisotopic (exact) mass is 173 g/mol. The maximum absolute atomic E-state index is 10.1. The first-order valence-electron chi connectivity index (χ1n) is 4.35. The standard InChI is InChI=1S/C9H19NO2/c1-7(2)5-9(11,6-10)8(3,4)12-7/h11H,5-6,10H2,1-4H3. The molecule has 1 unspecified atom stereocenters. The maximum atomic E-state index is 10.1. The second-order valence-electron chi connectivity index (χ2n) is 4.78. The fourth-order valence-corrected chi connectivity index (χ4v) is 2.06. The van der Waals surface area contributed by atoms with Crippen molar-refractivity contribution in [1.82, 2.24) is 0 Å². The van der Waals surface area contributed by atoms with Crippen LogP contribution < -0.4 is 5.73 Å². The molecule has 1 aliphatic heterocycles. The predicted molar refractivity (Wildman–Crippen MR) is 47.9 cm³/mol. The van der Waals surface area contributed by atoms with Crippen LogP contribution >= 0.6 is 0 Å². The zero-order valence-electron chi connectivity index (χ0n) is 8.35. The van der Waals surface area contributed by atoms with Crippen molar-refractivity contribution in [3.8, 4) is 0 Å². The van der Waals surface area contributed by atoms with Crippen LogP contribution in [0.3, 0.4) is 0 Å². The van der Waals surface area contributed by atoms with Gasteiger partial charge in [-0.05, 0) is 27.7 Å². The Kier molecular flexibility index (Phi) is 2.02. The van der Waals surface area contributed by atoms with Crippen molar-refractivity contribution in [2.24, 2.45) is 5.73 Å². The molecule has 0 radical (unpaired) electrons. The molecule has 1 rings (SSSR count). The summed E-state index contributed by atoms with van der Waals surface area (Å²) in [6.07, 6.45) is 0.601. The van der Waals surface area contributed by atoms with Crippen LogP contribution in [0.4, 0.5) is 0 Å². The van der Waals surface area contributed by atoms with E-state index in [0.29, 0.717) is 6.42 Å². The Morgan fingerprint density at radius 2 is 1.83 bits per heavy atom. The van der Waals surface area contributed by atoms with Crippen LogP contribution in [0.1, 0.15) is 34.1 Å². The van der Waals surface area contributed by atoms with Gasteiger partial charge in [-0.25, -0.2) is 0 Å². The number of rotatable bonds is 1. The summed E-state index contributed by atoms with van der Waals surface area (Å²) in [6.45, 7) is 7.97. The zero-order valence-corrected chi connectivity index (χ0v) is 8.35. The highest BCUT2D eigenvalue weighted by molar-refractivity contribution is 5.06. The number of nitrogens with two attached hydrogens (primary N) is 1. The van der Waals surface area contributed by atoms with Crippen LogP contribution in [-0.4, -0.2) is 28.5 Å². The summed E-state index contributed by atoms with van der Waals surface area (Å²) in [5, 5.41) is 10.1. The lowest BCUT2D eigenvalue weighted by molar-refractivity contribution is -0.122. The Bertz CT molecular complexity index is 189. The van der Waals surface area contributed by atoms with Gasteiger partial charge in [0.15, 0.2) is 0 Å². The Labute approximate surface area is 73.9 Å². The molecule has 0 amide bonds. The zero-order chi connectivity index (χ0) is 9.62. The van der Waals surface area contributed by atoms with Crippen LogP contribution in [0.5, 0.6) is 0 Å². The van der Waals surface area contributed by atoms with E-state index in [4.69, 9.17) is 10.5 Å². The maximum Gasteiger partial charge on any atom is 0.108 e. The summed E-state index contributed by atoms with van der Waals surface area (Å²) in [7, 11) is 0. The quantitative estimate of drug-likeness (QED) is 0.612. The van der Waals surface area contributed by atoms with Crippen LogP contribution in [0.15, 0.2) is 0 Å². The summed E-state index contributed by atoms with van der Waals surface area (Å²) in [5.74, 6) is 0. The van der Waals surface area contributed by atoms with Gasteiger partial charge in [-0.3, -0.25) is 0 Å². The van der Waals surface area contributed by atoms with Crippen molar-refractivity contribution in [1.29, 1.82) is 0 Å². The molecule has 1 saturated heterocycles. The van der Waals surface area contributed by atoms with E-state index in [1.165, 1.54) is 0 Å². The van der Waals surface area contributed by atoms with E-state index in [-0.39, 0.29) is 12.1 Å². The lowest BCUT2D eigenvalue weighted by Crippen LogP contribution is -2.51. The number of ether oxygens (including phenoxy) is 1. The van der Waals surface area contributed by atoms with Gasteiger partial charge in [-0.2, -0.15) is 0 Å². The third-order valence-electron chi connectivity index (χ3n) is 2.71. The summed E-state index contributed by atoms with van der Waals surface area (Å²) >= 11 is 0. The molecule has 0 saturated carbocycles. The Hall–Kier alpha value is -0.120. The molecular formula is C9H19NO2. The van der Waals surface area contributed by atoms with Gasteiger partial charge in [-0.15, -0.1) is 0 Å². The molecule has 1 aliphatic rings. The SMILES string of the molecule is CC1(C)CC(O)(CN)C(C)(C)O1. The molecule has 12 heavy (non-hydrogen) atoms. The summed E-state index contributed by atoms with van der Waals surface area (Å²) in [4.78, 5) is 0. The average Bonchev–Trinajstić information content (AvgIpc) is 1.98. The molecule has 0 spiro atoms. The molecule has 3 nitrogen and oxygen atoms in total. The Balaban J connectivity index is 2.92. The molecule has 1 atom stereocenters. The summed E-state index contributed by atoms with van der Waals surface area (Å²) in [6, 6.07) is 0. The third kappa shape index (κ3) is 1.37. The van der Waals surface area contributed by atoms with Crippen molar-refractivity contribution in [2.45, 2.75) is 50.9 Å². The summed E-state index contributed by atoms with van der Waals surface area (Å²) < 4.78 is 5.71. The Morgan fingerprint density at radius 3 is 2.00 bits per heavy atom. The van der Waals surface area contributed by atoms with Crippen molar-refractivity contribution < 1.29 is 9.84 Å². The minimum absolute atomic E-state index is 0.253. The first-order valence-corrected chi connectivity index (χ1v) is 4.35. The van der Waals surface area contributed by atoms with Crippen LogP contribution in [0.25, 0.3) is 0 Å². The van der Waals surface area contributed by atoms with E-state index in [1.807, 2.05) is 27.7 Å². The van der Waals surface area contributed by atoms with Gasteiger partial charge >= 0.3 is 0 Å². The molecule has 0 aromatic rings. The Morgan fingerprint density at radius 1 is 1.33 bits per heavy atom. The van der Waals surface area contributed by atoms with Crippen molar-refractivity contribution in [3.63, 3.8) is 0 Å². The minimum atomic E-state index is -0.878. The lowest BCUT2D eigenvalue weighted by atomic mass is 9.83. The second-order valence-corrected chi connectivity index (χ2v) is 4.78. The van der Waals surface area contributed by atoms with Gasteiger partial charge in [-0.1, -0.05) is 0 Å². The average molecular weight is 173 g/mol. The molecule has 3 N–H and O–H groups in total. The first kappa shape index (κ1) is 9.96.